The van der Waals surface area contributed by atoms with E-state index in [9.17, 15) is 18.7 Å². The van der Waals surface area contributed by atoms with Crippen LogP contribution < -0.4 is 4.48 Å². The van der Waals surface area contributed by atoms with Crippen LogP contribution in [0.4, 0.5) is 14.5 Å². The maximum Gasteiger partial charge on any atom is 0.376 e. The highest BCUT2D eigenvalue weighted by Gasteiger charge is 2.57. The Kier molecular flexibility index (Phi) is 7.09. The molecule has 6 heteroatoms. The van der Waals surface area contributed by atoms with Gasteiger partial charge in [0.05, 0.1) is 26.3 Å². The van der Waals surface area contributed by atoms with Crippen molar-refractivity contribution in [2.24, 2.45) is 17.3 Å². The molecule has 4 aliphatic carbocycles. The molecule has 0 radical (unpaired) electrons. The van der Waals surface area contributed by atoms with Crippen molar-refractivity contribution in [2.75, 3.05) is 20.7 Å². The van der Waals surface area contributed by atoms with Gasteiger partial charge in [-0.2, -0.15) is 8.78 Å². The number of esters is 1. The summed E-state index contributed by atoms with van der Waals surface area (Å²) in [5.41, 5.74) is 1.80. The van der Waals surface area contributed by atoms with Crippen LogP contribution in [0.25, 0.3) is 0 Å². The van der Waals surface area contributed by atoms with Gasteiger partial charge in [0.25, 0.3) is 0 Å². The van der Waals surface area contributed by atoms with Crippen molar-refractivity contribution in [3.63, 3.8) is 0 Å². The van der Waals surface area contributed by atoms with Crippen LogP contribution >= 0.6 is 0 Å². The SMILES string of the molecule is CC(F)(F)C(=O)OCC12CC3CC(CC(O)(C3)C1)C2.C[N+](C)(Cc1ccccc1)c1ccccc1. The number of aliphatic hydroxyl groups is 1. The zero-order chi connectivity index (χ0) is 25.3. The molecule has 0 spiro atoms. The number of halogens is 2. The van der Waals surface area contributed by atoms with Gasteiger partial charge in [-0.1, -0.05) is 48.5 Å². The van der Waals surface area contributed by atoms with E-state index in [0.29, 0.717) is 25.2 Å². The highest BCUT2D eigenvalue weighted by atomic mass is 19.3. The highest BCUT2D eigenvalue weighted by molar-refractivity contribution is 5.76. The minimum absolute atomic E-state index is 0.0323. The molecule has 4 saturated carbocycles. The van der Waals surface area contributed by atoms with Gasteiger partial charge in [0.1, 0.15) is 12.2 Å². The number of rotatable bonds is 6. The number of nitrogens with zero attached hydrogens (tertiary/aromatic N) is 1. The predicted molar refractivity (Wildman–Crippen MR) is 134 cm³/mol. The lowest BCUT2D eigenvalue weighted by Gasteiger charge is -2.59. The summed E-state index contributed by atoms with van der Waals surface area (Å²) in [6, 6.07) is 21.2. The normalized spacial score (nSPS) is 29.3. The van der Waals surface area contributed by atoms with Gasteiger partial charge in [-0.25, -0.2) is 4.79 Å². The quantitative estimate of drug-likeness (QED) is 0.404. The van der Waals surface area contributed by atoms with E-state index in [4.69, 9.17) is 4.74 Å². The van der Waals surface area contributed by atoms with E-state index in [1.807, 2.05) is 0 Å². The third kappa shape index (κ3) is 6.28. The van der Waals surface area contributed by atoms with E-state index in [0.717, 1.165) is 43.1 Å². The fourth-order valence-corrected chi connectivity index (χ4v) is 6.88. The van der Waals surface area contributed by atoms with Crippen molar-refractivity contribution >= 4 is 11.7 Å². The van der Waals surface area contributed by atoms with Gasteiger partial charge in [-0.3, -0.25) is 4.48 Å². The second kappa shape index (κ2) is 9.62. The first-order valence-electron chi connectivity index (χ1n) is 12.6. The Morgan fingerprint density at radius 1 is 1.00 bits per heavy atom. The van der Waals surface area contributed by atoms with Gasteiger partial charge in [0, 0.05) is 17.9 Å². The van der Waals surface area contributed by atoms with Gasteiger partial charge in [-0.05, 0) is 62.5 Å². The molecule has 0 amide bonds. The molecule has 4 fully saturated rings. The van der Waals surface area contributed by atoms with Crippen LogP contribution in [-0.4, -0.2) is 43.3 Å². The zero-order valence-corrected chi connectivity index (χ0v) is 21.1. The number of hydrogen-bond donors (Lipinski definition) is 1. The topological polar surface area (TPSA) is 46.5 Å². The standard InChI is InChI=1S/C15H18N.C14H20F2O3/c1-16(2,15-11-7-4-8-12-15)13-14-9-5-3-6-10-14;1-12(15,16)11(17)19-8-13-3-9-2-10(4-13)6-14(18,5-9)7-13/h3-12H,13H2,1-2H3;9-10,18H,2-8H2,1H3/q+1;. The Morgan fingerprint density at radius 2 is 1.54 bits per heavy atom. The van der Waals surface area contributed by atoms with Crippen molar-refractivity contribution in [3.05, 3.63) is 66.2 Å². The van der Waals surface area contributed by atoms with E-state index in [-0.39, 0.29) is 12.0 Å². The van der Waals surface area contributed by atoms with Gasteiger partial charge < -0.3 is 9.84 Å². The lowest BCUT2D eigenvalue weighted by atomic mass is 9.48. The average Bonchev–Trinajstić information content (AvgIpc) is 2.77. The first-order chi connectivity index (χ1) is 16.4. The molecule has 0 heterocycles. The molecule has 0 saturated heterocycles. The molecule has 2 aromatic carbocycles. The fourth-order valence-electron chi connectivity index (χ4n) is 6.88. The van der Waals surface area contributed by atoms with Gasteiger partial charge in [0.2, 0.25) is 0 Å². The summed E-state index contributed by atoms with van der Waals surface area (Å²) in [4.78, 5) is 11.2. The van der Waals surface area contributed by atoms with E-state index < -0.39 is 17.5 Å². The maximum absolute atomic E-state index is 12.8. The monoisotopic (exact) mass is 486 g/mol. The van der Waals surface area contributed by atoms with Crippen LogP contribution in [0.1, 0.15) is 51.0 Å². The summed E-state index contributed by atoms with van der Waals surface area (Å²) >= 11 is 0. The van der Waals surface area contributed by atoms with Gasteiger partial charge in [0.15, 0.2) is 0 Å². The van der Waals surface area contributed by atoms with E-state index >= 15 is 0 Å². The number of ether oxygens (including phenoxy) is 1. The Morgan fingerprint density at radius 3 is 2.06 bits per heavy atom. The van der Waals surface area contributed by atoms with Gasteiger partial charge >= 0.3 is 11.9 Å². The number of carbonyl (C=O) groups is 1. The van der Waals surface area contributed by atoms with Crippen LogP contribution in [0.2, 0.25) is 0 Å². The molecule has 0 aliphatic heterocycles. The third-order valence-corrected chi connectivity index (χ3v) is 7.90. The molecule has 6 rings (SSSR count). The molecule has 190 valence electrons. The van der Waals surface area contributed by atoms with Gasteiger partial charge in [-0.15, -0.1) is 0 Å². The second-order valence-electron chi connectivity index (χ2n) is 11.8. The van der Waals surface area contributed by atoms with Crippen molar-refractivity contribution in [1.82, 2.24) is 4.48 Å². The van der Waals surface area contributed by atoms with Crippen LogP contribution in [0, 0.1) is 17.3 Å². The Balaban J connectivity index is 0.000000168. The molecule has 2 unspecified atom stereocenters. The Bertz CT molecular complexity index is 990. The van der Waals surface area contributed by atoms with E-state index in [1.54, 1.807) is 0 Å². The van der Waals surface area contributed by atoms with Crippen molar-refractivity contribution in [3.8, 4) is 0 Å². The maximum atomic E-state index is 12.8. The molecule has 2 aromatic rings. The third-order valence-electron chi connectivity index (χ3n) is 7.90. The van der Waals surface area contributed by atoms with E-state index in [1.165, 1.54) is 11.3 Å². The molecule has 4 aliphatic rings. The molecule has 4 bridgehead atoms. The summed E-state index contributed by atoms with van der Waals surface area (Å²) in [5.74, 6) is -3.95. The first-order valence-corrected chi connectivity index (χ1v) is 12.6. The van der Waals surface area contributed by atoms with Crippen LogP contribution in [-0.2, 0) is 16.1 Å². The van der Waals surface area contributed by atoms with Crippen molar-refractivity contribution in [2.45, 2.75) is 63.5 Å². The molecule has 35 heavy (non-hydrogen) atoms. The Hall–Kier alpha value is -2.31. The largest absolute Gasteiger partial charge is 0.461 e. The lowest BCUT2D eigenvalue weighted by molar-refractivity contribution is -0.197. The number of quaternary nitrogens is 1. The minimum Gasteiger partial charge on any atom is -0.461 e. The first kappa shape index (κ1) is 25.8. The van der Waals surface area contributed by atoms with Crippen LogP contribution in [0.5, 0.6) is 0 Å². The van der Waals surface area contributed by atoms with Crippen LogP contribution in [0.15, 0.2) is 60.7 Å². The highest BCUT2D eigenvalue weighted by Crippen LogP contribution is 2.61. The molecular weight excluding hydrogens is 448 g/mol. The average molecular weight is 487 g/mol. The fraction of sp³-hybridized carbons (Fsp3) is 0.552. The summed E-state index contributed by atoms with van der Waals surface area (Å²) in [6.45, 7) is 1.61. The predicted octanol–water partition coefficient (Wildman–Crippen LogP) is 5.97. The van der Waals surface area contributed by atoms with E-state index in [2.05, 4.69) is 74.8 Å². The number of carbonyl (C=O) groups excluding carboxylic acids is 1. The smallest absolute Gasteiger partial charge is 0.376 e. The zero-order valence-electron chi connectivity index (χ0n) is 21.1. The van der Waals surface area contributed by atoms with Crippen molar-refractivity contribution < 1.29 is 23.4 Å². The summed E-state index contributed by atoms with van der Waals surface area (Å²) < 4.78 is 31.4. The number of para-hydroxylation sites is 1. The molecule has 1 N–H and O–H groups in total. The molecule has 4 nitrogen and oxygen atoms in total. The van der Waals surface area contributed by atoms with Crippen molar-refractivity contribution in [1.29, 1.82) is 0 Å². The summed E-state index contributed by atoms with van der Waals surface area (Å²) in [5, 5.41) is 10.5. The summed E-state index contributed by atoms with van der Waals surface area (Å²) in [6.07, 6.45) is 5.16. The lowest BCUT2D eigenvalue weighted by Crippen LogP contribution is -2.57. The number of alkyl halides is 2. The second-order valence-corrected chi connectivity index (χ2v) is 11.8. The summed E-state index contributed by atoms with van der Waals surface area (Å²) in [7, 11) is 4.48. The number of hydrogen-bond acceptors (Lipinski definition) is 3. The van der Waals surface area contributed by atoms with Crippen LogP contribution in [0.3, 0.4) is 0 Å². The minimum atomic E-state index is -3.43. The molecule has 0 aromatic heterocycles. The number of benzene rings is 2. The molecule has 2 atom stereocenters. The molecular formula is C29H38F2NO3+. The Labute approximate surface area is 207 Å².